The number of amides is 1. The number of aliphatic hydroxyl groups excluding tert-OH is 1. The lowest BCUT2D eigenvalue weighted by Crippen LogP contribution is -2.46. The number of likely N-dealkylation sites (tertiary alicyclic amines) is 1. The lowest BCUT2D eigenvalue weighted by Gasteiger charge is -2.43. The molecule has 6 nitrogen and oxygen atoms in total. The number of ether oxygens (including phenoxy) is 2. The molecule has 0 radical (unpaired) electrons. The van der Waals surface area contributed by atoms with Gasteiger partial charge >= 0.3 is 0 Å². The minimum Gasteiger partial charge on any atom is -0.392 e. The van der Waals surface area contributed by atoms with Gasteiger partial charge in [-0.15, -0.1) is 0 Å². The highest BCUT2D eigenvalue weighted by Crippen LogP contribution is 2.53. The average Bonchev–Trinajstić information content (AvgIpc) is 3.12. The Hall–Kier alpha value is -1.38. The molecule has 1 aliphatic carbocycles. The van der Waals surface area contributed by atoms with Crippen LogP contribution in [0.3, 0.4) is 0 Å². The van der Waals surface area contributed by atoms with Gasteiger partial charge in [0.25, 0.3) is 9.70 Å². The van der Waals surface area contributed by atoms with E-state index in [1.54, 1.807) is 12.1 Å². The molecule has 3 aliphatic rings. The summed E-state index contributed by atoms with van der Waals surface area (Å²) in [5.41, 5.74) is 3.82. The van der Waals surface area contributed by atoms with Gasteiger partial charge in [-0.3, -0.25) is 9.69 Å². The maximum Gasteiger partial charge on any atom is 0.276 e. The van der Waals surface area contributed by atoms with E-state index in [-0.39, 0.29) is 24.7 Å². The number of halogens is 3. The van der Waals surface area contributed by atoms with Gasteiger partial charge in [-0.05, 0) is 53.4 Å². The Kier molecular flexibility index (Phi) is 8.55. The summed E-state index contributed by atoms with van der Waals surface area (Å²) in [6.07, 6.45) is 2.72. The van der Waals surface area contributed by atoms with Crippen LogP contribution in [0.5, 0.6) is 0 Å². The van der Waals surface area contributed by atoms with Crippen LogP contribution in [0.4, 0.5) is 5.69 Å². The first kappa shape index (κ1) is 30.1. The molecule has 9 heteroatoms. The van der Waals surface area contributed by atoms with E-state index >= 15 is 0 Å². The van der Waals surface area contributed by atoms with Gasteiger partial charge in [0.1, 0.15) is 0 Å². The number of carbonyl (C=O) groups excluding carboxylic acids is 1. The van der Waals surface area contributed by atoms with Gasteiger partial charge in [0, 0.05) is 36.3 Å². The molecule has 0 aromatic heterocycles. The molecule has 2 heterocycles. The van der Waals surface area contributed by atoms with Crippen molar-refractivity contribution in [2.75, 3.05) is 18.4 Å². The Bertz CT molecular complexity index is 1220. The second kappa shape index (κ2) is 11.4. The molecule has 6 atom stereocenters. The zero-order valence-corrected chi connectivity index (χ0v) is 25.8. The van der Waals surface area contributed by atoms with Crippen LogP contribution in [0.2, 0.25) is 0 Å². The van der Waals surface area contributed by atoms with E-state index in [0.29, 0.717) is 22.6 Å². The monoisotopic (exact) mass is 608 g/mol. The fourth-order valence-electron chi connectivity index (χ4n) is 7.31. The number of alkyl halides is 3. The minimum atomic E-state index is -2.07. The van der Waals surface area contributed by atoms with Crippen molar-refractivity contribution in [3.63, 3.8) is 0 Å². The van der Waals surface area contributed by atoms with Crippen molar-refractivity contribution < 1.29 is 19.4 Å². The van der Waals surface area contributed by atoms with Crippen molar-refractivity contribution in [3.05, 3.63) is 65.2 Å². The van der Waals surface area contributed by atoms with Crippen LogP contribution in [0.15, 0.2) is 48.5 Å². The molecule has 6 unspecified atom stereocenters. The molecule has 1 amide bonds. The summed E-state index contributed by atoms with van der Waals surface area (Å²) in [7, 11) is 0. The number of carbonyl (C=O) groups is 1. The number of hydrogen-bond acceptors (Lipinski definition) is 5. The highest BCUT2D eigenvalue weighted by molar-refractivity contribution is 6.76. The minimum absolute atomic E-state index is 0.00606. The van der Waals surface area contributed by atoms with Crippen LogP contribution in [-0.4, -0.2) is 44.9 Å². The summed E-state index contributed by atoms with van der Waals surface area (Å²) < 4.78 is 11.3. The smallest absolute Gasteiger partial charge is 0.276 e. The number of rotatable bonds is 6. The Morgan fingerprint density at radius 1 is 1.07 bits per heavy atom. The molecular formula is C31H39Cl3N2O4. The van der Waals surface area contributed by atoms with Crippen molar-refractivity contribution in [2.45, 2.75) is 81.9 Å². The summed E-state index contributed by atoms with van der Waals surface area (Å²) in [6.45, 7) is 11.3. The second-order valence-corrected chi connectivity index (χ2v) is 15.3. The molecule has 218 valence electrons. The predicted octanol–water partition coefficient (Wildman–Crippen LogP) is 7.18. The molecule has 2 bridgehead atoms. The second-order valence-electron chi connectivity index (χ2n) is 13.0. The largest absolute Gasteiger partial charge is 0.392 e. The van der Waals surface area contributed by atoms with Crippen LogP contribution < -0.4 is 5.32 Å². The SMILES string of the molecule is CC1C(CN2CC3(C)CC2CC(C)(C)C3)OC(c2cccc(NC(=O)C(Cl)(Cl)Cl)c2)OC1c1ccc(CO)cc1. The third-order valence-corrected chi connectivity index (χ3v) is 9.25. The summed E-state index contributed by atoms with van der Waals surface area (Å²) in [4.78, 5) is 14.9. The summed E-state index contributed by atoms with van der Waals surface area (Å²) in [6, 6.07) is 15.7. The molecule has 2 N–H and O–H groups in total. The van der Waals surface area contributed by atoms with E-state index in [2.05, 4.69) is 37.9 Å². The normalized spacial score (nSPS) is 32.1. The molecule has 2 aliphatic heterocycles. The number of hydrogen-bond donors (Lipinski definition) is 2. The van der Waals surface area contributed by atoms with Gasteiger partial charge < -0.3 is 19.9 Å². The molecule has 2 saturated heterocycles. The molecule has 3 fully saturated rings. The highest BCUT2D eigenvalue weighted by Gasteiger charge is 2.51. The Labute approximate surface area is 252 Å². The maximum atomic E-state index is 12.3. The molecular weight excluding hydrogens is 571 g/mol. The first-order valence-corrected chi connectivity index (χ1v) is 15.1. The zero-order valence-electron chi connectivity index (χ0n) is 23.5. The first-order valence-electron chi connectivity index (χ1n) is 14.0. The molecule has 2 aromatic rings. The van der Waals surface area contributed by atoms with Crippen molar-refractivity contribution in [1.29, 1.82) is 0 Å². The number of anilines is 1. The first-order chi connectivity index (χ1) is 18.7. The van der Waals surface area contributed by atoms with Crippen LogP contribution in [0.25, 0.3) is 0 Å². The molecule has 1 saturated carbocycles. The Balaban J connectivity index is 1.41. The van der Waals surface area contributed by atoms with Crippen molar-refractivity contribution in [3.8, 4) is 0 Å². The van der Waals surface area contributed by atoms with E-state index in [4.69, 9.17) is 44.3 Å². The molecule has 2 aromatic carbocycles. The summed E-state index contributed by atoms with van der Waals surface area (Å²) in [5.74, 6) is -0.644. The Morgan fingerprint density at radius 2 is 1.80 bits per heavy atom. The van der Waals surface area contributed by atoms with Crippen LogP contribution >= 0.6 is 34.8 Å². The standard InChI is InChI=1S/C31H39Cl3N2O4/c1-19-25(15-36-18-30(4)14-24(36)13-29(2,3)17-30)39-27(40-26(19)21-10-8-20(16-37)9-11-21)22-6-5-7-23(12-22)35-28(38)31(32,33)34/h5-12,19,24-27,37H,13-18H2,1-4H3,(H,35,38). The zero-order chi connectivity index (χ0) is 28.9. The predicted molar refractivity (Wildman–Crippen MR) is 159 cm³/mol. The van der Waals surface area contributed by atoms with E-state index in [9.17, 15) is 9.90 Å². The van der Waals surface area contributed by atoms with Crippen LogP contribution in [-0.2, 0) is 20.9 Å². The quantitative estimate of drug-likeness (QED) is 0.340. The van der Waals surface area contributed by atoms with Crippen molar-refractivity contribution in [2.24, 2.45) is 16.7 Å². The van der Waals surface area contributed by atoms with E-state index in [0.717, 1.165) is 29.8 Å². The Morgan fingerprint density at radius 3 is 2.48 bits per heavy atom. The highest BCUT2D eigenvalue weighted by atomic mass is 35.6. The number of aliphatic hydroxyl groups is 1. The molecule has 0 spiro atoms. The van der Waals surface area contributed by atoms with E-state index in [1.165, 1.54) is 19.3 Å². The molecule has 40 heavy (non-hydrogen) atoms. The third kappa shape index (κ3) is 6.64. The van der Waals surface area contributed by atoms with Gasteiger partial charge in [0.2, 0.25) is 0 Å². The third-order valence-electron chi connectivity index (χ3n) is 8.74. The average molecular weight is 610 g/mol. The number of nitrogens with zero attached hydrogens (tertiary/aromatic N) is 1. The topological polar surface area (TPSA) is 71.0 Å². The number of fused-ring (bicyclic) bond motifs is 2. The lowest BCUT2D eigenvalue weighted by molar-refractivity contribution is -0.276. The van der Waals surface area contributed by atoms with Gasteiger partial charge in [0.05, 0.1) is 18.8 Å². The maximum absolute atomic E-state index is 12.3. The van der Waals surface area contributed by atoms with Gasteiger partial charge in [-0.1, -0.05) is 98.9 Å². The molecule has 5 rings (SSSR count). The van der Waals surface area contributed by atoms with Gasteiger partial charge in [0.15, 0.2) is 6.29 Å². The van der Waals surface area contributed by atoms with Gasteiger partial charge in [-0.2, -0.15) is 0 Å². The van der Waals surface area contributed by atoms with Crippen LogP contribution in [0, 0.1) is 16.7 Å². The van der Waals surface area contributed by atoms with E-state index < -0.39 is 16.0 Å². The van der Waals surface area contributed by atoms with Crippen molar-refractivity contribution in [1.82, 2.24) is 4.90 Å². The van der Waals surface area contributed by atoms with E-state index in [1.807, 2.05) is 36.4 Å². The fourth-order valence-corrected chi connectivity index (χ4v) is 7.46. The number of nitrogens with one attached hydrogen (secondary N) is 1. The van der Waals surface area contributed by atoms with Crippen molar-refractivity contribution >= 4 is 46.4 Å². The fraction of sp³-hybridized carbons (Fsp3) is 0.581. The summed E-state index contributed by atoms with van der Waals surface area (Å²) in [5, 5.41) is 12.2. The summed E-state index contributed by atoms with van der Waals surface area (Å²) >= 11 is 17.3. The van der Waals surface area contributed by atoms with Crippen LogP contribution in [0.1, 0.15) is 76.0 Å². The van der Waals surface area contributed by atoms with Gasteiger partial charge in [-0.25, -0.2) is 0 Å². The lowest BCUT2D eigenvalue weighted by atomic mass is 9.65. The number of benzene rings is 2.